The minimum absolute atomic E-state index is 0.329. The van der Waals surface area contributed by atoms with Gasteiger partial charge in [0, 0.05) is 11.0 Å². The Morgan fingerprint density at radius 2 is 2.25 bits per heavy atom. The van der Waals surface area contributed by atoms with E-state index in [1.54, 1.807) is 11.8 Å². The van der Waals surface area contributed by atoms with Gasteiger partial charge in [-0.05, 0) is 6.42 Å². The molecule has 1 aliphatic rings. The fourth-order valence-corrected chi connectivity index (χ4v) is 3.71. The van der Waals surface area contributed by atoms with Crippen molar-refractivity contribution in [2.45, 2.75) is 44.3 Å². The van der Waals surface area contributed by atoms with Gasteiger partial charge < -0.3 is 0 Å². The lowest BCUT2D eigenvalue weighted by molar-refractivity contribution is 0.277. The van der Waals surface area contributed by atoms with Gasteiger partial charge in [-0.1, -0.05) is 56.1 Å². The minimum Gasteiger partial charge on any atom is -0.274 e. The van der Waals surface area contributed by atoms with Crippen molar-refractivity contribution >= 4 is 28.0 Å². The molecule has 1 saturated heterocycles. The summed E-state index contributed by atoms with van der Waals surface area (Å²) in [4.78, 5) is 10.9. The molecule has 0 aliphatic carbocycles. The molecule has 1 aliphatic heterocycles. The van der Waals surface area contributed by atoms with Crippen molar-refractivity contribution in [3.63, 3.8) is 0 Å². The summed E-state index contributed by atoms with van der Waals surface area (Å²) in [5.41, 5.74) is 0. The summed E-state index contributed by atoms with van der Waals surface area (Å²) in [5.74, 6) is 1.05. The van der Waals surface area contributed by atoms with E-state index in [1.807, 2.05) is 0 Å². The first-order chi connectivity index (χ1) is 5.83. The van der Waals surface area contributed by atoms with Crippen molar-refractivity contribution in [1.29, 1.82) is 0 Å². The van der Waals surface area contributed by atoms with Crippen LogP contribution in [0.2, 0.25) is 0 Å². The lowest BCUT2D eigenvalue weighted by Crippen LogP contribution is -1.99. The van der Waals surface area contributed by atoms with Gasteiger partial charge in [0.05, 0.1) is 0 Å². The second-order valence-electron chi connectivity index (χ2n) is 3.15. The predicted octanol–water partition coefficient (Wildman–Crippen LogP) is 3.93. The van der Waals surface area contributed by atoms with Crippen LogP contribution in [0.4, 0.5) is 4.79 Å². The summed E-state index contributed by atoms with van der Waals surface area (Å²) >= 11 is 3.04. The zero-order valence-corrected chi connectivity index (χ0v) is 9.18. The molecular weight excluding hydrogens is 188 g/mol. The fourth-order valence-electron chi connectivity index (χ4n) is 1.31. The van der Waals surface area contributed by atoms with Crippen molar-refractivity contribution in [2.24, 2.45) is 0 Å². The summed E-state index contributed by atoms with van der Waals surface area (Å²) in [6.45, 7) is 2.23. The van der Waals surface area contributed by atoms with Crippen LogP contribution in [-0.4, -0.2) is 15.5 Å². The zero-order valence-electron chi connectivity index (χ0n) is 7.54. The molecule has 3 heteroatoms. The van der Waals surface area contributed by atoms with E-state index in [-0.39, 0.29) is 0 Å². The normalized spacial score (nSPS) is 23.4. The van der Waals surface area contributed by atoms with Crippen LogP contribution in [0.25, 0.3) is 0 Å². The van der Waals surface area contributed by atoms with E-state index in [4.69, 9.17) is 0 Å². The highest BCUT2D eigenvalue weighted by Gasteiger charge is 2.22. The molecule has 1 rings (SSSR count). The number of hydrogen-bond acceptors (Lipinski definition) is 3. The number of unbranched alkanes of at least 4 members (excludes halogenated alkanes) is 3. The van der Waals surface area contributed by atoms with Crippen molar-refractivity contribution in [3.05, 3.63) is 0 Å². The molecule has 0 aromatic rings. The maximum Gasteiger partial charge on any atom is 0.246 e. The predicted molar refractivity (Wildman–Crippen MR) is 58.0 cm³/mol. The maximum atomic E-state index is 10.9. The second-order valence-corrected chi connectivity index (χ2v) is 5.67. The highest BCUT2D eigenvalue weighted by atomic mass is 32.2. The van der Waals surface area contributed by atoms with E-state index in [9.17, 15) is 4.79 Å². The molecule has 0 aromatic heterocycles. The first-order valence-corrected chi connectivity index (χ1v) is 6.53. The van der Waals surface area contributed by atoms with Gasteiger partial charge in [0.25, 0.3) is 0 Å². The van der Waals surface area contributed by atoms with Gasteiger partial charge in [0.2, 0.25) is 4.45 Å². The van der Waals surface area contributed by atoms with Crippen molar-refractivity contribution in [3.8, 4) is 0 Å². The van der Waals surface area contributed by atoms with Crippen LogP contribution in [0, 0.1) is 0 Å². The Morgan fingerprint density at radius 1 is 1.42 bits per heavy atom. The molecular formula is C9H16OS2. The summed E-state index contributed by atoms with van der Waals surface area (Å²) < 4.78 is 0.329. The molecule has 0 amide bonds. The number of carbonyl (C=O) groups is 1. The molecule has 0 N–H and O–H groups in total. The lowest BCUT2D eigenvalue weighted by Gasteiger charge is -2.04. The summed E-state index contributed by atoms with van der Waals surface area (Å²) in [7, 11) is 0. The highest BCUT2D eigenvalue weighted by molar-refractivity contribution is 8.41. The van der Waals surface area contributed by atoms with Gasteiger partial charge in [-0.25, -0.2) is 0 Å². The standard InChI is InChI=1S/C9H16OS2/c1-2-3-4-5-6-8-7-11-9(10)12-8/h8H,2-7H2,1H3. The Labute approximate surface area is 83.1 Å². The summed E-state index contributed by atoms with van der Waals surface area (Å²) in [5, 5.41) is 0.624. The third-order valence-electron chi connectivity index (χ3n) is 2.03. The van der Waals surface area contributed by atoms with E-state index in [0.29, 0.717) is 9.70 Å². The van der Waals surface area contributed by atoms with Crippen LogP contribution in [0.3, 0.4) is 0 Å². The Kier molecular flexibility index (Phi) is 5.16. The summed E-state index contributed by atoms with van der Waals surface area (Å²) in [6.07, 6.45) is 6.53. The average molecular weight is 204 g/mol. The van der Waals surface area contributed by atoms with E-state index >= 15 is 0 Å². The summed E-state index contributed by atoms with van der Waals surface area (Å²) in [6, 6.07) is 0. The highest BCUT2D eigenvalue weighted by Crippen LogP contribution is 2.35. The molecule has 0 radical (unpaired) electrons. The molecule has 1 atom stereocenters. The van der Waals surface area contributed by atoms with E-state index in [0.717, 1.165) is 5.75 Å². The van der Waals surface area contributed by atoms with Gasteiger partial charge in [0.15, 0.2) is 0 Å². The average Bonchev–Trinajstić information content (AvgIpc) is 2.45. The van der Waals surface area contributed by atoms with E-state index in [2.05, 4.69) is 6.92 Å². The number of hydrogen-bond donors (Lipinski definition) is 0. The molecule has 1 fully saturated rings. The molecule has 12 heavy (non-hydrogen) atoms. The second kappa shape index (κ2) is 5.92. The van der Waals surface area contributed by atoms with Crippen LogP contribution >= 0.6 is 23.5 Å². The molecule has 0 aromatic carbocycles. The third kappa shape index (κ3) is 3.85. The van der Waals surface area contributed by atoms with Crippen LogP contribution in [0.5, 0.6) is 0 Å². The van der Waals surface area contributed by atoms with Gasteiger partial charge in [-0.3, -0.25) is 4.79 Å². The molecule has 1 nitrogen and oxygen atoms in total. The quantitative estimate of drug-likeness (QED) is 0.632. The molecule has 1 unspecified atom stereocenters. The Morgan fingerprint density at radius 3 is 2.83 bits per heavy atom. The van der Waals surface area contributed by atoms with Crippen LogP contribution in [-0.2, 0) is 0 Å². The number of carbonyl (C=O) groups excluding carboxylic acids is 1. The zero-order chi connectivity index (χ0) is 8.81. The van der Waals surface area contributed by atoms with Gasteiger partial charge in [-0.15, -0.1) is 0 Å². The molecule has 0 bridgehead atoms. The van der Waals surface area contributed by atoms with Crippen LogP contribution in [0.15, 0.2) is 0 Å². The smallest absolute Gasteiger partial charge is 0.246 e. The van der Waals surface area contributed by atoms with Gasteiger partial charge in [0.1, 0.15) is 0 Å². The Balaban J connectivity index is 1.97. The fraction of sp³-hybridized carbons (Fsp3) is 0.889. The Hall–Kier alpha value is 0.370. The van der Waals surface area contributed by atoms with Crippen molar-refractivity contribution < 1.29 is 4.79 Å². The molecule has 70 valence electrons. The Bertz CT molecular complexity index is 147. The van der Waals surface area contributed by atoms with Crippen molar-refractivity contribution in [1.82, 2.24) is 0 Å². The molecule has 0 spiro atoms. The minimum atomic E-state index is 0.329. The number of rotatable bonds is 5. The lowest BCUT2D eigenvalue weighted by atomic mass is 10.1. The van der Waals surface area contributed by atoms with Crippen molar-refractivity contribution in [2.75, 3.05) is 5.75 Å². The van der Waals surface area contributed by atoms with Crippen LogP contribution < -0.4 is 0 Å². The van der Waals surface area contributed by atoms with Gasteiger partial charge >= 0.3 is 0 Å². The maximum absolute atomic E-state index is 10.9. The van der Waals surface area contributed by atoms with Crippen LogP contribution in [0.1, 0.15) is 39.0 Å². The van der Waals surface area contributed by atoms with E-state index < -0.39 is 0 Å². The molecule has 0 saturated carbocycles. The third-order valence-corrected chi connectivity index (χ3v) is 4.62. The van der Waals surface area contributed by atoms with E-state index in [1.165, 1.54) is 43.9 Å². The molecule has 1 heterocycles. The monoisotopic (exact) mass is 204 g/mol. The number of thioether (sulfide) groups is 2. The SMILES string of the molecule is CCCCCCC1CSC(=O)S1. The largest absolute Gasteiger partial charge is 0.274 e. The topological polar surface area (TPSA) is 17.1 Å². The van der Waals surface area contributed by atoms with Gasteiger partial charge in [-0.2, -0.15) is 0 Å². The first kappa shape index (κ1) is 10.5. The first-order valence-electron chi connectivity index (χ1n) is 4.66.